The highest BCUT2D eigenvalue weighted by Gasteiger charge is 2.27. The zero-order valence-electron chi connectivity index (χ0n) is 13.9. The van der Waals surface area contributed by atoms with Gasteiger partial charge in [-0.3, -0.25) is 4.79 Å². The number of aromatic nitrogens is 1. The van der Waals surface area contributed by atoms with Crippen LogP contribution in [0.4, 0.5) is 5.13 Å². The van der Waals surface area contributed by atoms with E-state index in [0.29, 0.717) is 11.7 Å². The van der Waals surface area contributed by atoms with Gasteiger partial charge in [-0.25, -0.2) is 4.98 Å². The molecular weight excluding hydrogens is 310 g/mol. The molecule has 6 heteroatoms. The Morgan fingerprint density at radius 1 is 1.35 bits per heavy atom. The molecule has 0 fully saturated rings. The average molecular weight is 333 g/mol. The summed E-state index contributed by atoms with van der Waals surface area (Å²) < 4.78 is 5.42. The van der Waals surface area contributed by atoms with Crippen LogP contribution < -0.4 is 15.8 Å². The maximum absolute atomic E-state index is 12.1. The largest absolute Gasteiger partial charge is 0.494 e. The van der Waals surface area contributed by atoms with Crippen molar-refractivity contribution < 1.29 is 9.53 Å². The third kappa shape index (κ3) is 4.53. The predicted molar refractivity (Wildman–Crippen MR) is 94.8 cm³/mol. The van der Waals surface area contributed by atoms with Crippen LogP contribution in [0.1, 0.15) is 27.7 Å². The highest BCUT2D eigenvalue weighted by Crippen LogP contribution is 2.27. The summed E-state index contributed by atoms with van der Waals surface area (Å²) in [7, 11) is 0. The molecule has 1 aromatic heterocycles. The highest BCUT2D eigenvalue weighted by atomic mass is 32.1. The Hall–Kier alpha value is -1.92. The molecule has 0 aliphatic heterocycles. The fraction of sp³-hybridized carbons (Fsp3) is 0.412. The van der Waals surface area contributed by atoms with E-state index in [1.807, 2.05) is 57.3 Å². The van der Waals surface area contributed by atoms with E-state index < -0.39 is 6.04 Å². The van der Waals surface area contributed by atoms with Crippen LogP contribution in [0, 0.1) is 5.41 Å². The lowest BCUT2D eigenvalue weighted by atomic mass is 9.87. The molecule has 1 atom stereocenters. The number of carbonyl (C=O) groups excluding carboxylic acids is 1. The summed E-state index contributed by atoms with van der Waals surface area (Å²) in [6, 6.07) is 7.14. The molecule has 23 heavy (non-hydrogen) atoms. The quantitative estimate of drug-likeness (QED) is 0.877. The van der Waals surface area contributed by atoms with Gasteiger partial charge in [-0.2, -0.15) is 0 Å². The monoisotopic (exact) mass is 333 g/mol. The molecule has 124 valence electrons. The Labute approximate surface area is 140 Å². The Bertz CT molecular complexity index is 659. The molecule has 3 N–H and O–H groups in total. The molecule has 1 amide bonds. The number of nitrogens with one attached hydrogen (secondary N) is 1. The summed E-state index contributed by atoms with van der Waals surface area (Å²) in [5.74, 6) is 0.612. The zero-order valence-corrected chi connectivity index (χ0v) is 14.7. The fourth-order valence-corrected chi connectivity index (χ4v) is 2.65. The van der Waals surface area contributed by atoms with Crippen LogP contribution >= 0.6 is 11.3 Å². The molecule has 0 radical (unpaired) electrons. The standard InChI is InChI=1S/C17H23N3O2S/c1-5-22-12-8-6-11(7-9-12)13-10-23-16(19-13)20-15(21)14(18)17(2,3)4/h6-10,14H,5,18H2,1-4H3,(H,19,20,21)/t14-/m1/s1. The number of amides is 1. The van der Waals surface area contributed by atoms with Crippen LogP contribution in [0.15, 0.2) is 29.6 Å². The summed E-state index contributed by atoms with van der Waals surface area (Å²) in [6.07, 6.45) is 0. The third-order valence-electron chi connectivity index (χ3n) is 3.41. The molecule has 1 aromatic carbocycles. The van der Waals surface area contributed by atoms with Crippen molar-refractivity contribution in [2.24, 2.45) is 11.1 Å². The molecular formula is C17H23N3O2S. The van der Waals surface area contributed by atoms with Gasteiger partial charge >= 0.3 is 0 Å². The number of hydrogen-bond acceptors (Lipinski definition) is 5. The molecule has 0 spiro atoms. The van der Waals surface area contributed by atoms with Gasteiger partial charge in [0.2, 0.25) is 5.91 Å². The minimum absolute atomic E-state index is 0.218. The van der Waals surface area contributed by atoms with Gasteiger partial charge in [0.1, 0.15) is 5.75 Å². The number of anilines is 1. The van der Waals surface area contributed by atoms with E-state index in [1.165, 1.54) is 11.3 Å². The minimum atomic E-state index is -0.583. The maximum atomic E-state index is 12.1. The summed E-state index contributed by atoms with van der Waals surface area (Å²) in [6.45, 7) is 8.39. The zero-order chi connectivity index (χ0) is 17.0. The van der Waals surface area contributed by atoms with Crippen LogP contribution in [0.3, 0.4) is 0 Å². The number of nitrogens with two attached hydrogens (primary N) is 1. The number of ether oxygens (including phenoxy) is 1. The molecule has 0 aliphatic rings. The second kappa shape index (κ2) is 7.10. The lowest BCUT2D eigenvalue weighted by Gasteiger charge is -2.25. The Kier molecular flexibility index (Phi) is 5.38. The number of carbonyl (C=O) groups is 1. The number of rotatable bonds is 5. The average Bonchev–Trinajstić information content (AvgIpc) is 2.95. The van der Waals surface area contributed by atoms with Crippen LogP contribution in [0.5, 0.6) is 5.75 Å². The second-order valence-corrected chi connectivity index (χ2v) is 7.19. The van der Waals surface area contributed by atoms with Crippen LogP contribution in [0.2, 0.25) is 0 Å². The van der Waals surface area contributed by atoms with E-state index >= 15 is 0 Å². The van der Waals surface area contributed by atoms with Crippen molar-refractivity contribution in [3.8, 4) is 17.0 Å². The molecule has 0 saturated carbocycles. The van der Waals surface area contributed by atoms with Gasteiger partial charge in [0.25, 0.3) is 0 Å². The van der Waals surface area contributed by atoms with Gasteiger partial charge in [0.15, 0.2) is 5.13 Å². The fourth-order valence-electron chi connectivity index (χ4n) is 1.93. The first kappa shape index (κ1) is 17.4. The first-order valence-corrected chi connectivity index (χ1v) is 8.44. The Morgan fingerprint density at radius 3 is 2.57 bits per heavy atom. The van der Waals surface area contributed by atoms with E-state index in [2.05, 4.69) is 10.3 Å². The van der Waals surface area contributed by atoms with Crippen molar-refractivity contribution in [2.75, 3.05) is 11.9 Å². The van der Waals surface area contributed by atoms with Crippen LogP contribution in [-0.4, -0.2) is 23.5 Å². The van der Waals surface area contributed by atoms with Gasteiger partial charge in [-0.05, 0) is 36.6 Å². The van der Waals surface area contributed by atoms with Gasteiger partial charge in [0.05, 0.1) is 18.3 Å². The molecule has 2 aromatic rings. The topological polar surface area (TPSA) is 77.2 Å². The van der Waals surface area contributed by atoms with Crippen molar-refractivity contribution in [3.05, 3.63) is 29.6 Å². The summed E-state index contributed by atoms with van der Waals surface area (Å²) in [4.78, 5) is 16.6. The third-order valence-corrected chi connectivity index (χ3v) is 4.17. The number of hydrogen-bond donors (Lipinski definition) is 2. The smallest absolute Gasteiger partial charge is 0.243 e. The van der Waals surface area contributed by atoms with Crippen molar-refractivity contribution in [1.82, 2.24) is 4.98 Å². The van der Waals surface area contributed by atoms with Crippen molar-refractivity contribution >= 4 is 22.4 Å². The van der Waals surface area contributed by atoms with E-state index in [-0.39, 0.29) is 11.3 Å². The lowest BCUT2D eigenvalue weighted by Crippen LogP contribution is -2.45. The van der Waals surface area contributed by atoms with Crippen molar-refractivity contribution in [2.45, 2.75) is 33.7 Å². The number of nitrogens with zero attached hydrogens (tertiary/aromatic N) is 1. The SMILES string of the molecule is CCOc1ccc(-c2csc(NC(=O)[C@@H](N)C(C)(C)C)n2)cc1. The number of thiazole rings is 1. The lowest BCUT2D eigenvalue weighted by molar-refractivity contribution is -0.119. The molecule has 0 unspecified atom stereocenters. The molecule has 5 nitrogen and oxygen atoms in total. The van der Waals surface area contributed by atoms with Crippen LogP contribution in [0.25, 0.3) is 11.3 Å². The normalized spacial score (nSPS) is 12.7. The second-order valence-electron chi connectivity index (χ2n) is 6.33. The molecule has 0 saturated heterocycles. The van der Waals surface area contributed by atoms with E-state index in [9.17, 15) is 4.79 Å². The first-order chi connectivity index (χ1) is 10.8. The van der Waals surface area contributed by atoms with E-state index in [1.54, 1.807) is 0 Å². The summed E-state index contributed by atoms with van der Waals surface area (Å²) in [5, 5.41) is 5.25. The van der Waals surface area contributed by atoms with Crippen molar-refractivity contribution in [3.63, 3.8) is 0 Å². The highest BCUT2D eigenvalue weighted by molar-refractivity contribution is 7.14. The first-order valence-electron chi connectivity index (χ1n) is 7.56. The van der Waals surface area contributed by atoms with E-state index in [4.69, 9.17) is 10.5 Å². The number of benzene rings is 1. The molecule has 1 heterocycles. The summed E-state index contributed by atoms with van der Waals surface area (Å²) >= 11 is 1.39. The molecule has 0 aliphatic carbocycles. The van der Waals surface area contributed by atoms with Gasteiger partial charge in [-0.1, -0.05) is 20.8 Å². The van der Waals surface area contributed by atoms with Gasteiger partial charge in [-0.15, -0.1) is 11.3 Å². The summed E-state index contributed by atoms with van der Waals surface area (Å²) in [5.41, 5.74) is 7.46. The maximum Gasteiger partial charge on any atom is 0.243 e. The van der Waals surface area contributed by atoms with E-state index in [0.717, 1.165) is 17.0 Å². The minimum Gasteiger partial charge on any atom is -0.494 e. The van der Waals surface area contributed by atoms with Gasteiger partial charge < -0.3 is 15.8 Å². The Balaban J connectivity index is 2.07. The Morgan fingerprint density at radius 2 is 2.00 bits per heavy atom. The van der Waals surface area contributed by atoms with Crippen LogP contribution in [-0.2, 0) is 4.79 Å². The van der Waals surface area contributed by atoms with Gasteiger partial charge in [0, 0.05) is 10.9 Å². The molecule has 2 rings (SSSR count). The predicted octanol–water partition coefficient (Wildman–Crippen LogP) is 3.52. The molecule has 0 bridgehead atoms. The van der Waals surface area contributed by atoms with Crippen molar-refractivity contribution in [1.29, 1.82) is 0 Å².